The summed E-state index contributed by atoms with van der Waals surface area (Å²) in [6.07, 6.45) is 1.00. The summed E-state index contributed by atoms with van der Waals surface area (Å²) >= 11 is 0. The maximum absolute atomic E-state index is 14.7. The second-order valence-corrected chi connectivity index (χ2v) is 12.7. The van der Waals surface area contributed by atoms with E-state index in [1.807, 2.05) is 20.8 Å². The molecule has 5 aliphatic heterocycles. The van der Waals surface area contributed by atoms with Crippen molar-refractivity contribution in [3.05, 3.63) is 0 Å². The number of ketones is 1. The molecule has 0 bridgehead atoms. The van der Waals surface area contributed by atoms with E-state index in [1.54, 1.807) is 0 Å². The summed E-state index contributed by atoms with van der Waals surface area (Å²) in [7, 11) is 0. The Morgan fingerprint density at radius 3 is 2.33 bits per heavy atom. The molecule has 0 unspecified atom stereocenters. The summed E-state index contributed by atoms with van der Waals surface area (Å²) in [6, 6.07) is 0. The standard InChI is InChI=1S/C25H36O8/c1-21(2)9-13-19(30-13)24(6)15(12-11-29-22(3,4)33-16(12)17-20(24)31-17)18(26)25(21)14(32-25)10-23(5)27-7-8-28-23/h12-17,19-20H,7-11H2,1-6H3/t12-,13-,14+,15+,16+,17+,19+,20+,24+,25+/m0/s1. The summed E-state index contributed by atoms with van der Waals surface area (Å²) in [5, 5.41) is 0. The lowest BCUT2D eigenvalue weighted by atomic mass is 9.52. The number of carbonyl (C=O) groups excluding carboxylic acids is 1. The smallest absolute Gasteiger partial charge is 0.172 e. The molecule has 0 N–H and O–H groups in total. The number of carbonyl (C=O) groups is 1. The van der Waals surface area contributed by atoms with E-state index in [0.29, 0.717) is 26.2 Å². The van der Waals surface area contributed by atoms with E-state index in [-0.39, 0.29) is 59.7 Å². The second-order valence-electron chi connectivity index (χ2n) is 12.7. The Hall–Kier alpha value is -0.610. The van der Waals surface area contributed by atoms with Crippen molar-refractivity contribution in [3.8, 4) is 0 Å². The van der Waals surface area contributed by atoms with Gasteiger partial charge in [0.05, 0.1) is 44.2 Å². The zero-order chi connectivity index (χ0) is 23.2. The summed E-state index contributed by atoms with van der Waals surface area (Å²) in [4.78, 5) is 14.7. The Kier molecular flexibility index (Phi) is 4.07. The fraction of sp³-hybridized carbons (Fsp3) is 0.960. The van der Waals surface area contributed by atoms with Crippen LogP contribution in [-0.4, -0.2) is 79.4 Å². The van der Waals surface area contributed by atoms with Crippen LogP contribution in [-0.2, 0) is 38.0 Å². The van der Waals surface area contributed by atoms with Gasteiger partial charge in [-0.2, -0.15) is 0 Å². The molecule has 7 aliphatic rings. The van der Waals surface area contributed by atoms with Crippen molar-refractivity contribution in [2.45, 2.75) is 108 Å². The third-order valence-electron chi connectivity index (χ3n) is 9.77. The van der Waals surface area contributed by atoms with Gasteiger partial charge in [0.2, 0.25) is 0 Å². The first-order valence-corrected chi connectivity index (χ1v) is 12.5. The zero-order valence-corrected chi connectivity index (χ0v) is 20.4. The van der Waals surface area contributed by atoms with Crippen LogP contribution < -0.4 is 0 Å². The summed E-state index contributed by atoms with van der Waals surface area (Å²) in [6.45, 7) is 13.9. The largest absolute Gasteiger partial charge is 0.369 e. The monoisotopic (exact) mass is 464 g/mol. The molecule has 0 aromatic heterocycles. The van der Waals surface area contributed by atoms with Gasteiger partial charge in [0.1, 0.15) is 12.2 Å². The van der Waals surface area contributed by atoms with Crippen molar-refractivity contribution in [3.63, 3.8) is 0 Å². The summed E-state index contributed by atoms with van der Waals surface area (Å²) in [5.74, 6) is -1.65. The normalized spacial score (nSPS) is 56.6. The van der Waals surface area contributed by atoms with Gasteiger partial charge >= 0.3 is 0 Å². The van der Waals surface area contributed by atoms with Crippen LogP contribution in [0.3, 0.4) is 0 Å². The van der Waals surface area contributed by atoms with E-state index < -0.39 is 22.6 Å². The number of Topliss-reactive ketones (excluding diaryl/α,β-unsaturated/α-hetero) is 1. The van der Waals surface area contributed by atoms with Crippen LogP contribution in [0.5, 0.6) is 0 Å². The molecular formula is C25H36O8. The maximum atomic E-state index is 14.7. The maximum Gasteiger partial charge on any atom is 0.172 e. The van der Waals surface area contributed by atoms with Crippen molar-refractivity contribution >= 4 is 5.78 Å². The lowest BCUT2D eigenvalue weighted by molar-refractivity contribution is -0.308. The quantitative estimate of drug-likeness (QED) is 0.575. The molecule has 2 saturated carbocycles. The van der Waals surface area contributed by atoms with Gasteiger partial charge in [0, 0.05) is 29.1 Å². The Labute approximate surface area is 194 Å². The molecule has 2 aliphatic carbocycles. The molecule has 0 radical (unpaired) electrons. The predicted octanol–water partition coefficient (Wildman–Crippen LogP) is 2.21. The molecule has 5 saturated heterocycles. The number of epoxide rings is 3. The number of fused-ring (bicyclic) bond motifs is 8. The molecule has 5 heterocycles. The van der Waals surface area contributed by atoms with Gasteiger partial charge in [-0.1, -0.05) is 20.8 Å². The number of hydrogen-bond donors (Lipinski definition) is 0. The lowest BCUT2D eigenvalue weighted by Gasteiger charge is -2.52. The van der Waals surface area contributed by atoms with Crippen molar-refractivity contribution in [1.29, 1.82) is 0 Å². The zero-order valence-electron chi connectivity index (χ0n) is 20.4. The Balaban J connectivity index is 1.29. The summed E-state index contributed by atoms with van der Waals surface area (Å²) in [5.41, 5.74) is -1.68. The minimum absolute atomic E-state index is 0.00409. The van der Waals surface area contributed by atoms with Gasteiger partial charge in [-0.25, -0.2) is 0 Å². The molecular weight excluding hydrogens is 428 g/mol. The van der Waals surface area contributed by atoms with Crippen molar-refractivity contribution < 1.29 is 38.0 Å². The molecule has 7 rings (SSSR count). The van der Waals surface area contributed by atoms with E-state index in [1.165, 1.54) is 0 Å². The first kappa shape index (κ1) is 21.7. The Morgan fingerprint density at radius 1 is 0.879 bits per heavy atom. The van der Waals surface area contributed by atoms with Crippen molar-refractivity contribution in [2.75, 3.05) is 19.8 Å². The van der Waals surface area contributed by atoms with Crippen molar-refractivity contribution in [2.24, 2.45) is 22.7 Å². The molecule has 0 aromatic rings. The van der Waals surface area contributed by atoms with Crippen LogP contribution in [0.4, 0.5) is 0 Å². The van der Waals surface area contributed by atoms with Gasteiger partial charge in [0.15, 0.2) is 23.0 Å². The molecule has 10 atom stereocenters. The highest BCUT2D eigenvalue weighted by Gasteiger charge is 2.82. The minimum Gasteiger partial charge on any atom is -0.369 e. The van der Waals surface area contributed by atoms with Crippen LogP contribution in [0.15, 0.2) is 0 Å². The fourth-order valence-electron chi connectivity index (χ4n) is 8.03. The third-order valence-corrected chi connectivity index (χ3v) is 9.77. The van der Waals surface area contributed by atoms with Crippen LogP contribution in [0.1, 0.15) is 54.4 Å². The molecule has 8 heteroatoms. The SMILES string of the molecule is CC1(C)OC[C@@H]2[C@@H](O1)[C@H]1O[C@H]1[C@@]1(C)[C@@H]3O[C@H]3CC(C)(C)[C@]3(O[C@@H]3CC3(C)OCCO3)C(=O)[C@@H]21. The van der Waals surface area contributed by atoms with Gasteiger partial charge in [-0.3, -0.25) is 4.79 Å². The van der Waals surface area contributed by atoms with Gasteiger partial charge in [0.25, 0.3) is 0 Å². The lowest BCUT2D eigenvalue weighted by Crippen LogP contribution is -2.65. The van der Waals surface area contributed by atoms with Crippen LogP contribution in [0.25, 0.3) is 0 Å². The van der Waals surface area contributed by atoms with Gasteiger partial charge < -0.3 is 33.2 Å². The van der Waals surface area contributed by atoms with E-state index in [9.17, 15) is 4.79 Å². The highest BCUT2D eigenvalue weighted by atomic mass is 16.7. The number of ether oxygens (including phenoxy) is 7. The third kappa shape index (κ3) is 2.74. The fourth-order valence-corrected chi connectivity index (χ4v) is 8.03. The number of rotatable bonds is 2. The average molecular weight is 465 g/mol. The summed E-state index contributed by atoms with van der Waals surface area (Å²) < 4.78 is 43.3. The van der Waals surface area contributed by atoms with E-state index in [0.717, 1.165) is 6.42 Å². The predicted molar refractivity (Wildman–Crippen MR) is 113 cm³/mol. The van der Waals surface area contributed by atoms with Crippen LogP contribution >= 0.6 is 0 Å². The van der Waals surface area contributed by atoms with E-state index >= 15 is 0 Å². The second kappa shape index (κ2) is 6.20. The van der Waals surface area contributed by atoms with Crippen LogP contribution in [0, 0.1) is 22.7 Å². The molecule has 8 nitrogen and oxygen atoms in total. The van der Waals surface area contributed by atoms with E-state index in [4.69, 9.17) is 33.2 Å². The van der Waals surface area contributed by atoms with Crippen LogP contribution in [0.2, 0.25) is 0 Å². The highest BCUT2D eigenvalue weighted by molar-refractivity contribution is 5.95. The molecule has 0 amide bonds. The van der Waals surface area contributed by atoms with Gasteiger partial charge in [-0.05, 0) is 27.2 Å². The van der Waals surface area contributed by atoms with E-state index in [2.05, 4.69) is 20.8 Å². The molecule has 1 spiro atoms. The molecule has 33 heavy (non-hydrogen) atoms. The molecule has 7 fully saturated rings. The Bertz CT molecular complexity index is 895. The average Bonchev–Trinajstić information content (AvgIpc) is 3.61. The number of hydrogen-bond acceptors (Lipinski definition) is 8. The van der Waals surface area contributed by atoms with Gasteiger partial charge in [-0.15, -0.1) is 0 Å². The first-order valence-electron chi connectivity index (χ1n) is 12.5. The minimum atomic E-state index is -0.895. The topological polar surface area (TPSA) is 91.6 Å². The Morgan fingerprint density at radius 2 is 1.61 bits per heavy atom. The highest BCUT2D eigenvalue weighted by Crippen LogP contribution is 2.69. The first-order chi connectivity index (χ1) is 15.4. The van der Waals surface area contributed by atoms with Crippen molar-refractivity contribution in [1.82, 2.24) is 0 Å². The molecule has 184 valence electrons. The molecule has 0 aromatic carbocycles.